The number of carbonyl (C=O) groups is 1. The summed E-state index contributed by atoms with van der Waals surface area (Å²) in [5.41, 5.74) is 7.11. The lowest BCUT2D eigenvalue weighted by atomic mass is 10.0. The van der Waals surface area contributed by atoms with Crippen molar-refractivity contribution < 1.29 is 4.79 Å². The van der Waals surface area contributed by atoms with E-state index in [0.29, 0.717) is 31.1 Å². The largest absolute Gasteiger partial charge is 0.329 e. The van der Waals surface area contributed by atoms with E-state index in [0.717, 1.165) is 25.8 Å². The third-order valence-corrected chi connectivity index (χ3v) is 4.87. The van der Waals surface area contributed by atoms with Gasteiger partial charge in [0.05, 0.1) is 6.54 Å². The fourth-order valence-electron chi connectivity index (χ4n) is 3.59. The number of rotatable bonds is 5. The molecule has 1 heterocycles. The molecule has 2 aliphatic carbocycles. The molecule has 1 atom stereocenters. The molecule has 1 unspecified atom stereocenters. The van der Waals surface area contributed by atoms with Crippen LogP contribution in [-0.4, -0.2) is 47.4 Å². The summed E-state index contributed by atoms with van der Waals surface area (Å²) in [6.07, 6.45) is 11.7. The van der Waals surface area contributed by atoms with Crippen LogP contribution < -0.4 is 5.73 Å². The van der Waals surface area contributed by atoms with Crippen LogP contribution >= 0.6 is 0 Å². The molecule has 0 spiro atoms. The summed E-state index contributed by atoms with van der Waals surface area (Å²) in [6.45, 7) is 2.28. The molecule has 1 saturated carbocycles. The highest BCUT2D eigenvalue weighted by Gasteiger charge is 2.36. The molecule has 1 saturated heterocycles. The number of likely N-dealkylation sites (tertiary alicyclic amines) is 1. The molecule has 0 radical (unpaired) electrons. The minimum absolute atomic E-state index is 0.306. The predicted molar refractivity (Wildman–Crippen MR) is 80.1 cm³/mol. The van der Waals surface area contributed by atoms with Gasteiger partial charge < -0.3 is 10.6 Å². The highest BCUT2D eigenvalue weighted by atomic mass is 16.2. The second-order valence-electron chi connectivity index (χ2n) is 6.44. The van der Waals surface area contributed by atoms with Crippen molar-refractivity contribution in [2.75, 3.05) is 19.6 Å². The van der Waals surface area contributed by atoms with Gasteiger partial charge >= 0.3 is 0 Å². The van der Waals surface area contributed by atoms with Crippen molar-refractivity contribution in [1.29, 1.82) is 0 Å². The average molecular weight is 277 g/mol. The molecule has 4 heteroatoms. The number of carbonyl (C=O) groups excluding carboxylic acids is 1. The van der Waals surface area contributed by atoms with E-state index in [1.165, 1.54) is 37.8 Å². The van der Waals surface area contributed by atoms with Crippen LogP contribution in [0.2, 0.25) is 0 Å². The Morgan fingerprint density at radius 3 is 2.80 bits per heavy atom. The predicted octanol–water partition coefficient (Wildman–Crippen LogP) is 1.86. The Kier molecular flexibility index (Phi) is 4.41. The first kappa shape index (κ1) is 14.1. The molecule has 1 amide bonds. The SMILES string of the molecule is NCC1CCCN1CC(=O)N(C1=CCCCC1)C1CC1. The third kappa shape index (κ3) is 3.07. The van der Waals surface area contributed by atoms with Gasteiger partial charge in [-0.25, -0.2) is 0 Å². The van der Waals surface area contributed by atoms with Gasteiger partial charge in [0.2, 0.25) is 5.91 Å². The standard InChI is InChI=1S/C16H27N3O/c17-11-15-7-4-10-18(15)12-16(20)19(14-8-9-14)13-5-2-1-3-6-13/h5,14-15H,1-4,6-12,17H2. The second kappa shape index (κ2) is 6.27. The van der Waals surface area contributed by atoms with E-state index in [-0.39, 0.29) is 0 Å². The third-order valence-electron chi connectivity index (χ3n) is 4.87. The molecule has 3 rings (SSSR count). The minimum atomic E-state index is 0.306. The second-order valence-corrected chi connectivity index (χ2v) is 6.44. The lowest BCUT2D eigenvalue weighted by Gasteiger charge is -2.31. The Morgan fingerprint density at radius 1 is 1.30 bits per heavy atom. The molecular formula is C16H27N3O. The summed E-state index contributed by atoms with van der Waals surface area (Å²) in [4.78, 5) is 17.2. The molecule has 0 aromatic heterocycles. The van der Waals surface area contributed by atoms with Gasteiger partial charge in [0.25, 0.3) is 0 Å². The van der Waals surface area contributed by atoms with Gasteiger partial charge in [-0.1, -0.05) is 6.08 Å². The van der Waals surface area contributed by atoms with Crippen LogP contribution in [0.4, 0.5) is 0 Å². The topological polar surface area (TPSA) is 49.6 Å². The first-order chi connectivity index (χ1) is 9.79. The van der Waals surface area contributed by atoms with Crippen molar-refractivity contribution >= 4 is 5.91 Å². The van der Waals surface area contributed by atoms with Crippen molar-refractivity contribution in [3.8, 4) is 0 Å². The number of nitrogens with two attached hydrogens (primary N) is 1. The first-order valence-corrected chi connectivity index (χ1v) is 8.25. The quantitative estimate of drug-likeness (QED) is 0.834. The molecule has 2 fully saturated rings. The molecular weight excluding hydrogens is 250 g/mol. The van der Waals surface area contributed by atoms with Gasteiger partial charge in [-0.05, 0) is 57.9 Å². The van der Waals surface area contributed by atoms with E-state index < -0.39 is 0 Å². The number of hydrogen-bond donors (Lipinski definition) is 1. The van der Waals surface area contributed by atoms with Crippen LogP contribution in [0, 0.1) is 0 Å². The number of hydrogen-bond acceptors (Lipinski definition) is 3. The zero-order valence-electron chi connectivity index (χ0n) is 12.4. The summed E-state index contributed by atoms with van der Waals surface area (Å²) < 4.78 is 0. The minimum Gasteiger partial charge on any atom is -0.329 e. The highest BCUT2D eigenvalue weighted by Crippen LogP contribution is 2.34. The van der Waals surface area contributed by atoms with E-state index in [1.54, 1.807) is 0 Å². The van der Waals surface area contributed by atoms with Gasteiger partial charge in [0.1, 0.15) is 0 Å². The fraction of sp³-hybridized carbons (Fsp3) is 0.812. The number of amides is 1. The molecule has 0 bridgehead atoms. The Balaban J connectivity index is 1.65. The monoisotopic (exact) mass is 277 g/mol. The van der Waals surface area contributed by atoms with Gasteiger partial charge in [-0.2, -0.15) is 0 Å². The molecule has 0 aromatic carbocycles. The maximum absolute atomic E-state index is 12.7. The molecule has 112 valence electrons. The van der Waals surface area contributed by atoms with Crippen LogP contribution in [0.5, 0.6) is 0 Å². The zero-order chi connectivity index (χ0) is 13.9. The Labute approximate surface area is 122 Å². The lowest BCUT2D eigenvalue weighted by Crippen LogP contribution is -2.44. The lowest BCUT2D eigenvalue weighted by molar-refractivity contribution is -0.131. The molecule has 3 aliphatic rings. The smallest absolute Gasteiger partial charge is 0.241 e. The van der Waals surface area contributed by atoms with Crippen LogP contribution in [0.3, 0.4) is 0 Å². The fourth-order valence-corrected chi connectivity index (χ4v) is 3.59. The van der Waals surface area contributed by atoms with Crippen molar-refractivity contribution in [3.63, 3.8) is 0 Å². The highest BCUT2D eigenvalue weighted by molar-refractivity contribution is 5.81. The van der Waals surface area contributed by atoms with E-state index in [2.05, 4.69) is 15.9 Å². The van der Waals surface area contributed by atoms with Crippen LogP contribution in [0.1, 0.15) is 51.4 Å². The van der Waals surface area contributed by atoms with Gasteiger partial charge in [-0.15, -0.1) is 0 Å². The summed E-state index contributed by atoms with van der Waals surface area (Å²) in [6, 6.07) is 0.908. The van der Waals surface area contributed by atoms with Crippen molar-refractivity contribution in [2.24, 2.45) is 5.73 Å². The molecule has 20 heavy (non-hydrogen) atoms. The summed E-state index contributed by atoms with van der Waals surface area (Å²) in [7, 11) is 0. The van der Waals surface area contributed by atoms with Crippen molar-refractivity contribution in [2.45, 2.75) is 63.5 Å². The van der Waals surface area contributed by atoms with Crippen LogP contribution in [0.25, 0.3) is 0 Å². The van der Waals surface area contributed by atoms with Crippen molar-refractivity contribution in [3.05, 3.63) is 11.8 Å². The van der Waals surface area contributed by atoms with Gasteiger partial charge in [0.15, 0.2) is 0 Å². The zero-order valence-corrected chi connectivity index (χ0v) is 12.4. The Morgan fingerprint density at radius 2 is 2.15 bits per heavy atom. The maximum atomic E-state index is 12.7. The summed E-state index contributed by atoms with van der Waals surface area (Å²) >= 11 is 0. The van der Waals surface area contributed by atoms with E-state index in [4.69, 9.17) is 5.73 Å². The Hall–Kier alpha value is -0.870. The summed E-state index contributed by atoms with van der Waals surface area (Å²) in [5, 5.41) is 0. The molecule has 4 nitrogen and oxygen atoms in total. The molecule has 1 aliphatic heterocycles. The molecule has 2 N–H and O–H groups in total. The first-order valence-electron chi connectivity index (χ1n) is 8.25. The van der Waals surface area contributed by atoms with Crippen molar-refractivity contribution in [1.82, 2.24) is 9.80 Å². The number of allylic oxidation sites excluding steroid dienone is 2. The van der Waals surface area contributed by atoms with E-state index in [9.17, 15) is 4.79 Å². The number of nitrogens with zero attached hydrogens (tertiary/aromatic N) is 2. The average Bonchev–Trinajstić information content (AvgIpc) is 3.19. The van der Waals surface area contributed by atoms with E-state index in [1.807, 2.05) is 0 Å². The van der Waals surface area contributed by atoms with E-state index >= 15 is 0 Å². The van der Waals surface area contributed by atoms with Crippen LogP contribution in [0.15, 0.2) is 11.8 Å². The van der Waals surface area contributed by atoms with Gasteiger partial charge in [0, 0.05) is 24.3 Å². The Bertz CT molecular complexity index is 389. The maximum Gasteiger partial charge on any atom is 0.241 e. The van der Waals surface area contributed by atoms with Gasteiger partial charge in [-0.3, -0.25) is 9.69 Å². The van der Waals surface area contributed by atoms with Crippen LogP contribution in [-0.2, 0) is 4.79 Å². The normalized spacial score (nSPS) is 27.4. The molecule has 0 aromatic rings. The summed E-state index contributed by atoms with van der Waals surface area (Å²) in [5.74, 6) is 0.306.